The predicted molar refractivity (Wildman–Crippen MR) is 82.6 cm³/mol. The number of piperazine rings is 1. The van der Waals surface area contributed by atoms with Gasteiger partial charge in [-0.05, 0) is 19.3 Å². The molecule has 0 N–H and O–H groups in total. The third-order valence-corrected chi connectivity index (χ3v) is 6.51. The number of rotatable bonds is 5. The molecule has 2 rings (SSSR count). The second-order valence-corrected chi connectivity index (χ2v) is 8.04. The van der Waals surface area contributed by atoms with Crippen LogP contribution < -0.4 is 0 Å². The number of hydrogen-bond acceptors (Lipinski definition) is 4. The van der Waals surface area contributed by atoms with Crippen molar-refractivity contribution >= 4 is 22.3 Å². The van der Waals surface area contributed by atoms with E-state index in [0.717, 1.165) is 6.41 Å². The number of amides is 2. The minimum Gasteiger partial charge on any atom is -0.342 e. The van der Waals surface area contributed by atoms with E-state index in [1.54, 1.807) is 9.80 Å². The lowest BCUT2D eigenvalue weighted by Crippen LogP contribution is -2.51. The summed E-state index contributed by atoms with van der Waals surface area (Å²) in [6, 6.07) is 0. The Bertz CT molecular complexity index is 492. The summed E-state index contributed by atoms with van der Waals surface area (Å²) in [5, 5.41) is 0. The third kappa shape index (κ3) is 3.98. The van der Waals surface area contributed by atoms with E-state index in [9.17, 15) is 18.0 Å². The van der Waals surface area contributed by atoms with Gasteiger partial charge in [0.1, 0.15) is 0 Å². The first-order valence-corrected chi connectivity index (χ1v) is 9.55. The highest BCUT2D eigenvalue weighted by Gasteiger charge is 2.33. The summed E-state index contributed by atoms with van der Waals surface area (Å²) in [5.41, 5.74) is 0. The number of carbonyl (C=O) groups is 2. The first-order chi connectivity index (χ1) is 10.5. The number of hydrogen-bond donors (Lipinski definition) is 0. The van der Waals surface area contributed by atoms with Crippen molar-refractivity contribution in [1.29, 1.82) is 0 Å². The van der Waals surface area contributed by atoms with Gasteiger partial charge in [0.15, 0.2) is 0 Å². The monoisotopic (exact) mass is 331 g/mol. The van der Waals surface area contributed by atoms with Crippen LogP contribution in [0, 0.1) is 5.92 Å². The van der Waals surface area contributed by atoms with Crippen molar-refractivity contribution in [2.75, 3.05) is 45.0 Å². The lowest BCUT2D eigenvalue weighted by atomic mass is 9.96. The molecule has 0 radical (unpaired) electrons. The van der Waals surface area contributed by atoms with E-state index in [1.807, 2.05) is 6.92 Å². The second kappa shape index (κ2) is 7.41. The summed E-state index contributed by atoms with van der Waals surface area (Å²) in [6.07, 6.45) is 2.62. The average Bonchev–Trinajstić information content (AvgIpc) is 2.54. The van der Waals surface area contributed by atoms with E-state index < -0.39 is 10.0 Å². The largest absolute Gasteiger partial charge is 0.342 e. The van der Waals surface area contributed by atoms with Gasteiger partial charge in [0, 0.05) is 45.2 Å². The van der Waals surface area contributed by atoms with E-state index in [2.05, 4.69) is 0 Å². The maximum absolute atomic E-state index is 12.5. The normalized spacial score (nSPS) is 21.9. The SMILES string of the molecule is CCCS(=O)(=O)N1CCC(C(=O)N2CCN(C=O)CC2)CC1. The van der Waals surface area contributed by atoms with Crippen LogP contribution in [0.1, 0.15) is 26.2 Å². The van der Waals surface area contributed by atoms with Gasteiger partial charge in [0.25, 0.3) is 0 Å². The summed E-state index contributed by atoms with van der Waals surface area (Å²) in [5.74, 6) is 0.202. The van der Waals surface area contributed by atoms with Crippen molar-refractivity contribution in [3.8, 4) is 0 Å². The highest BCUT2D eigenvalue weighted by molar-refractivity contribution is 7.89. The topological polar surface area (TPSA) is 78.0 Å². The van der Waals surface area contributed by atoms with Crippen molar-refractivity contribution < 1.29 is 18.0 Å². The Morgan fingerprint density at radius 2 is 1.68 bits per heavy atom. The molecule has 2 fully saturated rings. The molecule has 0 bridgehead atoms. The van der Waals surface area contributed by atoms with E-state index in [4.69, 9.17) is 0 Å². The Kier molecular flexibility index (Phi) is 5.80. The molecule has 2 aliphatic heterocycles. The highest BCUT2D eigenvalue weighted by Crippen LogP contribution is 2.22. The van der Waals surface area contributed by atoms with Crippen molar-refractivity contribution in [1.82, 2.24) is 14.1 Å². The van der Waals surface area contributed by atoms with Gasteiger partial charge in [-0.2, -0.15) is 0 Å². The van der Waals surface area contributed by atoms with Crippen molar-refractivity contribution in [2.24, 2.45) is 5.92 Å². The molecule has 0 aromatic carbocycles. The van der Waals surface area contributed by atoms with Crippen LogP contribution in [-0.2, 0) is 19.6 Å². The number of carbonyl (C=O) groups excluding carboxylic acids is 2. The van der Waals surface area contributed by atoms with Gasteiger partial charge in [-0.1, -0.05) is 6.92 Å². The molecular weight excluding hydrogens is 306 g/mol. The molecular formula is C14H25N3O4S. The van der Waals surface area contributed by atoms with Crippen LogP contribution in [-0.4, -0.2) is 79.9 Å². The summed E-state index contributed by atoms with van der Waals surface area (Å²) in [7, 11) is -3.16. The molecule has 8 heteroatoms. The number of nitrogens with zero attached hydrogens (tertiary/aromatic N) is 3. The standard InChI is InChI=1S/C14H25N3O4S/c1-2-11-22(20,21)17-5-3-13(4-6-17)14(19)16-9-7-15(12-18)8-10-16/h12-13H,2-11H2,1H3. The zero-order chi connectivity index (χ0) is 16.2. The van der Waals surface area contributed by atoms with E-state index in [1.165, 1.54) is 4.31 Å². The molecule has 0 aliphatic carbocycles. The van der Waals surface area contributed by atoms with Gasteiger partial charge < -0.3 is 9.80 Å². The molecule has 2 amide bonds. The minimum absolute atomic E-state index is 0.0872. The quantitative estimate of drug-likeness (QED) is 0.650. The lowest BCUT2D eigenvalue weighted by Gasteiger charge is -2.37. The van der Waals surface area contributed by atoms with Gasteiger partial charge >= 0.3 is 0 Å². The van der Waals surface area contributed by atoms with Crippen molar-refractivity contribution in [2.45, 2.75) is 26.2 Å². The molecule has 0 spiro atoms. The van der Waals surface area contributed by atoms with Crippen LogP contribution >= 0.6 is 0 Å². The fourth-order valence-corrected chi connectivity index (χ4v) is 4.62. The van der Waals surface area contributed by atoms with E-state index in [-0.39, 0.29) is 17.6 Å². The second-order valence-electron chi connectivity index (χ2n) is 5.96. The smallest absolute Gasteiger partial charge is 0.225 e. The molecule has 0 aromatic rings. The summed E-state index contributed by atoms with van der Waals surface area (Å²) >= 11 is 0. The highest BCUT2D eigenvalue weighted by atomic mass is 32.2. The maximum atomic E-state index is 12.5. The van der Waals surface area contributed by atoms with Gasteiger partial charge in [-0.25, -0.2) is 12.7 Å². The Balaban J connectivity index is 1.84. The van der Waals surface area contributed by atoms with Gasteiger partial charge in [-0.15, -0.1) is 0 Å². The minimum atomic E-state index is -3.16. The molecule has 126 valence electrons. The van der Waals surface area contributed by atoms with Crippen LogP contribution in [0.4, 0.5) is 0 Å². The maximum Gasteiger partial charge on any atom is 0.225 e. The molecule has 2 aliphatic rings. The fourth-order valence-electron chi connectivity index (χ4n) is 3.07. The summed E-state index contributed by atoms with van der Waals surface area (Å²) < 4.78 is 25.6. The zero-order valence-corrected chi connectivity index (χ0v) is 13.9. The molecule has 2 heterocycles. The Morgan fingerprint density at radius 3 is 2.18 bits per heavy atom. The molecule has 7 nitrogen and oxygen atoms in total. The Hall–Kier alpha value is -1.15. The van der Waals surface area contributed by atoms with Gasteiger partial charge in [0.05, 0.1) is 5.75 Å². The summed E-state index contributed by atoms with van der Waals surface area (Å²) in [4.78, 5) is 26.6. The first-order valence-electron chi connectivity index (χ1n) is 7.94. The molecule has 2 saturated heterocycles. The molecule has 22 heavy (non-hydrogen) atoms. The number of sulfonamides is 1. The Morgan fingerprint density at radius 1 is 1.09 bits per heavy atom. The molecule has 0 atom stereocenters. The predicted octanol–water partition coefficient (Wildman–Crippen LogP) is -0.261. The van der Waals surface area contributed by atoms with Gasteiger partial charge in [-0.3, -0.25) is 9.59 Å². The number of piperidine rings is 1. The lowest BCUT2D eigenvalue weighted by molar-refractivity contribution is -0.140. The van der Waals surface area contributed by atoms with Crippen LogP contribution in [0.5, 0.6) is 0 Å². The van der Waals surface area contributed by atoms with Crippen molar-refractivity contribution in [3.63, 3.8) is 0 Å². The molecule has 0 aromatic heterocycles. The van der Waals surface area contributed by atoms with Crippen LogP contribution in [0.2, 0.25) is 0 Å². The van der Waals surface area contributed by atoms with E-state index in [0.29, 0.717) is 58.5 Å². The third-order valence-electron chi connectivity index (χ3n) is 4.43. The average molecular weight is 331 g/mol. The van der Waals surface area contributed by atoms with Crippen LogP contribution in [0.15, 0.2) is 0 Å². The van der Waals surface area contributed by atoms with Gasteiger partial charge in [0.2, 0.25) is 22.3 Å². The fraction of sp³-hybridized carbons (Fsp3) is 0.857. The zero-order valence-electron chi connectivity index (χ0n) is 13.1. The van der Waals surface area contributed by atoms with Crippen LogP contribution in [0.3, 0.4) is 0 Å². The van der Waals surface area contributed by atoms with Crippen molar-refractivity contribution in [3.05, 3.63) is 0 Å². The first kappa shape index (κ1) is 17.2. The molecule has 0 saturated carbocycles. The van der Waals surface area contributed by atoms with E-state index >= 15 is 0 Å². The summed E-state index contributed by atoms with van der Waals surface area (Å²) in [6.45, 7) is 5.04. The van der Waals surface area contributed by atoms with Crippen LogP contribution in [0.25, 0.3) is 0 Å². The Labute approximate surface area is 132 Å². The molecule has 0 unspecified atom stereocenters.